The number of hydrogen-bond acceptors (Lipinski definition) is 4. The third kappa shape index (κ3) is 5.21. The van der Waals surface area contributed by atoms with Crippen LogP contribution in [0.2, 0.25) is 0 Å². The van der Waals surface area contributed by atoms with Crippen LogP contribution >= 0.6 is 0 Å². The van der Waals surface area contributed by atoms with Gasteiger partial charge in [0.2, 0.25) is 0 Å². The van der Waals surface area contributed by atoms with Crippen LogP contribution in [-0.2, 0) is 4.74 Å². The van der Waals surface area contributed by atoms with Crippen molar-refractivity contribution in [3.8, 4) is 5.75 Å². The average molecular weight is 238 g/mol. The number of carbonyl (C=O) groups is 1. The quantitative estimate of drug-likeness (QED) is 0.841. The molecule has 5 nitrogen and oxygen atoms in total. The Balaban J connectivity index is 2.45. The van der Waals surface area contributed by atoms with Crippen molar-refractivity contribution in [3.05, 3.63) is 24.3 Å². The zero-order valence-electron chi connectivity index (χ0n) is 10.3. The molecule has 0 spiro atoms. The SMILES string of the molecule is COc1ccc(NC(=O)OCC(C)(C)N)cc1. The number of benzene rings is 1. The lowest BCUT2D eigenvalue weighted by molar-refractivity contribution is 0.138. The van der Waals surface area contributed by atoms with Gasteiger partial charge in [0.25, 0.3) is 0 Å². The average Bonchev–Trinajstić information content (AvgIpc) is 2.27. The monoisotopic (exact) mass is 238 g/mol. The molecule has 0 heterocycles. The smallest absolute Gasteiger partial charge is 0.411 e. The van der Waals surface area contributed by atoms with Gasteiger partial charge in [0.15, 0.2) is 0 Å². The van der Waals surface area contributed by atoms with Crippen molar-refractivity contribution in [1.82, 2.24) is 0 Å². The van der Waals surface area contributed by atoms with Crippen molar-refractivity contribution < 1.29 is 14.3 Å². The van der Waals surface area contributed by atoms with Gasteiger partial charge < -0.3 is 15.2 Å². The second-order valence-corrected chi connectivity index (χ2v) is 4.42. The Labute approximate surface area is 101 Å². The van der Waals surface area contributed by atoms with E-state index in [2.05, 4.69) is 5.32 Å². The summed E-state index contributed by atoms with van der Waals surface area (Å²) >= 11 is 0. The number of nitrogens with one attached hydrogen (secondary N) is 1. The minimum absolute atomic E-state index is 0.162. The maximum Gasteiger partial charge on any atom is 0.411 e. The Morgan fingerprint density at radius 3 is 2.41 bits per heavy atom. The number of anilines is 1. The summed E-state index contributed by atoms with van der Waals surface area (Å²) in [5.41, 5.74) is 5.81. The van der Waals surface area contributed by atoms with Gasteiger partial charge >= 0.3 is 6.09 Å². The molecule has 0 saturated heterocycles. The topological polar surface area (TPSA) is 73.6 Å². The van der Waals surface area contributed by atoms with E-state index in [9.17, 15) is 4.79 Å². The first-order valence-corrected chi connectivity index (χ1v) is 5.27. The number of methoxy groups -OCH3 is 1. The molecule has 1 rings (SSSR count). The van der Waals surface area contributed by atoms with Crippen LogP contribution < -0.4 is 15.8 Å². The van der Waals surface area contributed by atoms with Gasteiger partial charge in [0.05, 0.1) is 7.11 Å². The van der Waals surface area contributed by atoms with Gasteiger partial charge in [-0.2, -0.15) is 0 Å². The summed E-state index contributed by atoms with van der Waals surface area (Å²) in [5, 5.41) is 2.59. The van der Waals surface area contributed by atoms with Crippen LogP contribution in [0, 0.1) is 0 Å². The number of ether oxygens (including phenoxy) is 2. The van der Waals surface area contributed by atoms with Gasteiger partial charge in [-0.1, -0.05) is 0 Å². The molecule has 0 aromatic heterocycles. The highest BCUT2D eigenvalue weighted by Gasteiger charge is 2.13. The Morgan fingerprint density at radius 2 is 1.94 bits per heavy atom. The molecule has 17 heavy (non-hydrogen) atoms. The molecule has 94 valence electrons. The van der Waals surface area contributed by atoms with E-state index in [-0.39, 0.29) is 6.61 Å². The lowest BCUT2D eigenvalue weighted by Gasteiger charge is -2.18. The molecule has 3 N–H and O–H groups in total. The normalized spacial score (nSPS) is 10.8. The van der Waals surface area contributed by atoms with Crippen LogP contribution in [0.4, 0.5) is 10.5 Å². The second-order valence-electron chi connectivity index (χ2n) is 4.42. The van der Waals surface area contributed by atoms with Crippen LogP contribution in [0.3, 0.4) is 0 Å². The fourth-order valence-corrected chi connectivity index (χ4v) is 1.08. The highest BCUT2D eigenvalue weighted by atomic mass is 16.5. The van der Waals surface area contributed by atoms with E-state index in [1.165, 1.54) is 0 Å². The van der Waals surface area contributed by atoms with Gasteiger partial charge in [-0.3, -0.25) is 5.32 Å². The molecule has 1 aromatic carbocycles. The van der Waals surface area contributed by atoms with Gasteiger partial charge in [0, 0.05) is 11.2 Å². The fraction of sp³-hybridized carbons (Fsp3) is 0.417. The summed E-state index contributed by atoms with van der Waals surface area (Å²) in [6.45, 7) is 3.73. The van der Waals surface area contributed by atoms with Gasteiger partial charge in [-0.15, -0.1) is 0 Å². The van der Waals surface area contributed by atoms with E-state index in [4.69, 9.17) is 15.2 Å². The summed E-state index contributed by atoms with van der Waals surface area (Å²) < 4.78 is 9.97. The summed E-state index contributed by atoms with van der Waals surface area (Å²) in [6, 6.07) is 6.96. The number of rotatable bonds is 4. The Hall–Kier alpha value is -1.75. The van der Waals surface area contributed by atoms with Crippen molar-refractivity contribution in [3.63, 3.8) is 0 Å². The molecule has 0 atom stereocenters. The molecule has 0 radical (unpaired) electrons. The van der Waals surface area contributed by atoms with E-state index in [1.807, 2.05) is 0 Å². The van der Waals surface area contributed by atoms with Crippen LogP contribution in [0.15, 0.2) is 24.3 Å². The number of nitrogens with two attached hydrogens (primary N) is 1. The molecule has 0 aliphatic carbocycles. The van der Waals surface area contributed by atoms with Crippen LogP contribution in [0.25, 0.3) is 0 Å². The molecular weight excluding hydrogens is 220 g/mol. The summed E-state index contributed by atoms with van der Waals surface area (Å²) in [4.78, 5) is 11.4. The molecule has 0 bridgehead atoms. The van der Waals surface area contributed by atoms with Crippen molar-refractivity contribution in [2.24, 2.45) is 5.73 Å². The molecule has 1 amide bonds. The number of hydrogen-bond donors (Lipinski definition) is 2. The lowest BCUT2D eigenvalue weighted by Crippen LogP contribution is -2.38. The predicted molar refractivity (Wildman–Crippen MR) is 66.2 cm³/mol. The molecular formula is C12H18N2O3. The Morgan fingerprint density at radius 1 is 1.35 bits per heavy atom. The van der Waals surface area contributed by atoms with Gasteiger partial charge in [-0.25, -0.2) is 4.79 Å². The minimum atomic E-state index is -0.531. The first-order chi connectivity index (χ1) is 7.90. The fourth-order valence-electron chi connectivity index (χ4n) is 1.08. The largest absolute Gasteiger partial charge is 0.497 e. The van der Waals surface area contributed by atoms with E-state index in [0.717, 1.165) is 5.75 Å². The first kappa shape index (κ1) is 13.3. The van der Waals surface area contributed by atoms with Crippen LogP contribution in [-0.4, -0.2) is 25.3 Å². The van der Waals surface area contributed by atoms with Crippen molar-refractivity contribution in [2.75, 3.05) is 19.0 Å². The third-order valence-corrected chi connectivity index (χ3v) is 1.91. The minimum Gasteiger partial charge on any atom is -0.497 e. The highest BCUT2D eigenvalue weighted by molar-refractivity contribution is 5.84. The Kier molecular flexibility index (Phi) is 4.34. The van der Waals surface area contributed by atoms with Gasteiger partial charge in [0.1, 0.15) is 12.4 Å². The standard InChI is InChI=1S/C12H18N2O3/c1-12(2,13)8-17-11(15)14-9-4-6-10(16-3)7-5-9/h4-7H,8,13H2,1-3H3,(H,14,15). The molecule has 0 aliphatic heterocycles. The lowest BCUT2D eigenvalue weighted by atomic mass is 10.1. The van der Waals surface area contributed by atoms with E-state index in [0.29, 0.717) is 5.69 Å². The summed E-state index contributed by atoms with van der Waals surface area (Å²) in [6.07, 6.45) is -0.520. The molecule has 5 heteroatoms. The van der Waals surface area contributed by atoms with Crippen molar-refractivity contribution in [2.45, 2.75) is 19.4 Å². The van der Waals surface area contributed by atoms with Crippen molar-refractivity contribution >= 4 is 11.8 Å². The van der Waals surface area contributed by atoms with Crippen LogP contribution in [0.1, 0.15) is 13.8 Å². The zero-order chi connectivity index (χ0) is 12.9. The molecule has 0 saturated carbocycles. The van der Waals surface area contributed by atoms with Crippen molar-refractivity contribution in [1.29, 1.82) is 0 Å². The second kappa shape index (κ2) is 5.54. The first-order valence-electron chi connectivity index (χ1n) is 5.27. The van der Waals surface area contributed by atoms with Gasteiger partial charge in [-0.05, 0) is 38.1 Å². The molecule has 0 fully saturated rings. The summed E-state index contributed by atoms with van der Waals surface area (Å²) in [7, 11) is 1.58. The molecule has 1 aromatic rings. The van der Waals surface area contributed by atoms with E-state index >= 15 is 0 Å². The number of amides is 1. The highest BCUT2D eigenvalue weighted by Crippen LogP contribution is 2.15. The maximum absolute atomic E-state index is 11.4. The molecule has 0 unspecified atom stereocenters. The van der Waals surface area contributed by atoms with E-state index in [1.54, 1.807) is 45.2 Å². The zero-order valence-corrected chi connectivity index (χ0v) is 10.3. The van der Waals surface area contributed by atoms with E-state index < -0.39 is 11.6 Å². The Bertz CT molecular complexity index is 368. The third-order valence-electron chi connectivity index (χ3n) is 1.91. The predicted octanol–water partition coefficient (Wildman–Crippen LogP) is 1.98. The molecule has 0 aliphatic rings. The summed E-state index contributed by atoms with van der Waals surface area (Å²) in [5.74, 6) is 0.729. The van der Waals surface area contributed by atoms with Crippen LogP contribution in [0.5, 0.6) is 5.75 Å². The maximum atomic E-state index is 11.4. The number of carbonyl (C=O) groups excluding carboxylic acids is 1.